The number of nitrogens with zero attached hydrogens (tertiary/aromatic N) is 3. The SMILES string of the molecule is CCCCN(CCCC)S(=O)(=O)c1ccc(C(=O)Nc2nnc(-c3cccc(C)c3)o2)cc1. The normalized spacial score (nSPS) is 11.6. The Morgan fingerprint density at radius 2 is 1.67 bits per heavy atom. The van der Waals surface area contributed by atoms with Crippen molar-refractivity contribution in [3.63, 3.8) is 0 Å². The van der Waals surface area contributed by atoms with E-state index in [0.29, 0.717) is 19.0 Å². The first kappa shape index (κ1) is 24.6. The molecule has 0 aliphatic carbocycles. The molecule has 0 radical (unpaired) electrons. The molecule has 1 amide bonds. The van der Waals surface area contributed by atoms with Crippen LogP contribution in [0, 0.1) is 6.92 Å². The molecule has 0 saturated heterocycles. The van der Waals surface area contributed by atoms with Gasteiger partial charge in [-0.3, -0.25) is 10.1 Å². The number of unbranched alkanes of at least 4 members (excludes halogenated alkanes) is 2. The maximum atomic E-state index is 13.1. The molecule has 0 bridgehead atoms. The topological polar surface area (TPSA) is 105 Å². The molecular formula is C24H30N4O4S. The third-order valence-electron chi connectivity index (χ3n) is 5.19. The first-order valence-electron chi connectivity index (χ1n) is 11.2. The smallest absolute Gasteiger partial charge is 0.322 e. The fraction of sp³-hybridized carbons (Fsp3) is 0.375. The van der Waals surface area contributed by atoms with Gasteiger partial charge in [-0.15, -0.1) is 5.10 Å². The van der Waals surface area contributed by atoms with Gasteiger partial charge >= 0.3 is 6.01 Å². The molecule has 8 nitrogen and oxygen atoms in total. The zero-order valence-electron chi connectivity index (χ0n) is 19.2. The van der Waals surface area contributed by atoms with E-state index in [1.54, 1.807) is 0 Å². The highest BCUT2D eigenvalue weighted by Crippen LogP contribution is 2.22. The number of hydrogen-bond donors (Lipinski definition) is 1. The molecule has 1 N–H and O–H groups in total. The Hall–Kier alpha value is -3.04. The van der Waals surface area contributed by atoms with Gasteiger partial charge in [-0.1, -0.05) is 49.5 Å². The van der Waals surface area contributed by atoms with E-state index in [4.69, 9.17) is 4.42 Å². The number of carbonyl (C=O) groups is 1. The van der Waals surface area contributed by atoms with Gasteiger partial charge < -0.3 is 4.42 Å². The van der Waals surface area contributed by atoms with Crippen molar-refractivity contribution < 1.29 is 17.6 Å². The van der Waals surface area contributed by atoms with Crippen molar-refractivity contribution in [3.8, 4) is 11.5 Å². The predicted octanol–water partition coefficient (Wildman–Crippen LogP) is 4.89. The summed E-state index contributed by atoms with van der Waals surface area (Å²) in [4.78, 5) is 12.8. The largest absolute Gasteiger partial charge is 0.403 e. The lowest BCUT2D eigenvalue weighted by atomic mass is 10.1. The van der Waals surface area contributed by atoms with Crippen LogP contribution in [0.25, 0.3) is 11.5 Å². The summed E-state index contributed by atoms with van der Waals surface area (Å²) in [5.41, 5.74) is 2.10. The van der Waals surface area contributed by atoms with Gasteiger partial charge in [0, 0.05) is 24.2 Å². The molecule has 3 rings (SSSR count). The second-order valence-electron chi connectivity index (χ2n) is 7.87. The van der Waals surface area contributed by atoms with Crippen LogP contribution in [0.2, 0.25) is 0 Å². The highest BCUT2D eigenvalue weighted by molar-refractivity contribution is 7.89. The van der Waals surface area contributed by atoms with E-state index in [1.165, 1.54) is 28.6 Å². The average molecular weight is 471 g/mol. The summed E-state index contributed by atoms with van der Waals surface area (Å²) in [6, 6.07) is 13.4. The fourth-order valence-electron chi connectivity index (χ4n) is 3.29. The molecule has 3 aromatic rings. The zero-order chi connectivity index (χ0) is 23.8. The molecule has 33 heavy (non-hydrogen) atoms. The van der Waals surface area contributed by atoms with Gasteiger partial charge in [-0.05, 0) is 56.2 Å². The molecule has 176 valence electrons. The van der Waals surface area contributed by atoms with E-state index in [1.807, 2.05) is 45.0 Å². The Bertz CT molecular complexity index is 1170. The molecule has 0 unspecified atom stereocenters. The number of rotatable bonds is 11. The number of aryl methyl sites for hydroxylation is 1. The van der Waals surface area contributed by atoms with Gasteiger partial charge in [0.2, 0.25) is 15.9 Å². The first-order valence-corrected chi connectivity index (χ1v) is 12.6. The van der Waals surface area contributed by atoms with Crippen LogP contribution >= 0.6 is 0 Å². The number of hydrogen-bond acceptors (Lipinski definition) is 6. The molecule has 0 atom stereocenters. The van der Waals surface area contributed by atoms with Gasteiger partial charge in [0.1, 0.15) is 0 Å². The van der Waals surface area contributed by atoms with E-state index >= 15 is 0 Å². The number of benzene rings is 2. The number of sulfonamides is 1. The van der Waals surface area contributed by atoms with Gasteiger partial charge in [0.05, 0.1) is 4.90 Å². The van der Waals surface area contributed by atoms with Crippen LogP contribution in [0.4, 0.5) is 6.01 Å². The molecule has 1 aromatic heterocycles. The van der Waals surface area contributed by atoms with Crippen molar-refractivity contribution in [1.82, 2.24) is 14.5 Å². The van der Waals surface area contributed by atoms with Crippen LogP contribution in [-0.2, 0) is 10.0 Å². The van der Waals surface area contributed by atoms with Crippen molar-refractivity contribution in [1.29, 1.82) is 0 Å². The minimum Gasteiger partial charge on any atom is -0.403 e. The quantitative estimate of drug-likeness (QED) is 0.428. The second-order valence-corrected chi connectivity index (χ2v) is 9.81. The highest BCUT2D eigenvalue weighted by atomic mass is 32.2. The van der Waals surface area contributed by atoms with Crippen molar-refractivity contribution in [2.45, 2.75) is 51.3 Å². The summed E-state index contributed by atoms with van der Waals surface area (Å²) >= 11 is 0. The van der Waals surface area contributed by atoms with E-state index in [2.05, 4.69) is 15.5 Å². The van der Waals surface area contributed by atoms with E-state index in [-0.39, 0.29) is 16.5 Å². The van der Waals surface area contributed by atoms with Gasteiger partial charge in [0.15, 0.2) is 0 Å². The molecule has 0 spiro atoms. The van der Waals surface area contributed by atoms with Crippen molar-refractivity contribution in [3.05, 3.63) is 59.7 Å². The summed E-state index contributed by atoms with van der Waals surface area (Å²) in [7, 11) is -3.62. The summed E-state index contributed by atoms with van der Waals surface area (Å²) in [5.74, 6) is -0.165. The van der Waals surface area contributed by atoms with Crippen LogP contribution < -0.4 is 5.32 Å². The molecule has 0 aliphatic rings. The van der Waals surface area contributed by atoms with Crippen LogP contribution in [0.1, 0.15) is 55.5 Å². The minimum atomic E-state index is -3.62. The van der Waals surface area contributed by atoms with Gasteiger partial charge in [-0.25, -0.2) is 8.42 Å². The minimum absolute atomic E-state index is 0.0292. The Labute approximate surface area is 195 Å². The predicted molar refractivity (Wildman–Crippen MR) is 127 cm³/mol. The molecule has 0 saturated carbocycles. The number of amides is 1. The van der Waals surface area contributed by atoms with E-state index in [9.17, 15) is 13.2 Å². The Morgan fingerprint density at radius 1 is 1.00 bits per heavy atom. The summed E-state index contributed by atoms with van der Waals surface area (Å²) in [6.45, 7) is 7.00. The van der Waals surface area contributed by atoms with Crippen LogP contribution in [0.5, 0.6) is 0 Å². The molecule has 0 fully saturated rings. The van der Waals surface area contributed by atoms with Crippen LogP contribution in [0.15, 0.2) is 57.8 Å². The first-order chi connectivity index (χ1) is 15.8. The molecule has 1 heterocycles. The van der Waals surface area contributed by atoms with Gasteiger partial charge in [0.25, 0.3) is 5.91 Å². The number of nitrogens with one attached hydrogen (secondary N) is 1. The van der Waals surface area contributed by atoms with Crippen LogP contribution in [-0.4, -0.2) is 41.9 Å². The third kappa shape index (κ3) is 6.27. The molecule has 0 aliphatic heterocycles. The average Bonchev–Trinajstić information content (AvgIpc) is 3.27. The summed E-state index contributed by atoms with van der Waals surface area (Å²) < 4.78 is 33.2. The fourth-order valence-corrected chi connectivity index (χ4v) is 4.80. The van der Waals surface area contributed by atoms with E-state index < -0.39 is 15.9 Å². The lowest BCUT2D eigenvalue weighted by molar-refractivity contribution is 0.102. The lowest BCUT2D eigenvalue weighted by Gasteiger charge is -2.22. The zero-order valence-corrected chi connectivity index (χ0v) is 20.1. The standard InChI is InChI=1S/C24H30N4O4S/c1-4-6-15-28(16-7-5-2)33(30,31)21-13-11-19(12-14-21)22(29)25-24-27-26-23(32-24)20-10-8-9-18(3)17-20/h8-14,17H,4-7,15-16H2,1-3H3,(H,25,27,29). The highest BCUT2D eigenvalue weighted by Gasteiger charge is 2.24. The molecule has 9 heteroatoms. The Morgan fingerprint density at radius 3 is 2.27 bits per heavy atom. The maximum Gasteiger partial charge on any atom is 0.322 e. The Kier molecular flexibility index (Phi) is 8.35. The van der Waals surface area contributed by atoms with Crippen molar-refractivity contribution in [2.24, 2.45) is 0 Å². The van der Waals surface area contributed by atoms with Crippen LogP contribution in [0.3, 0.4) is 0 Å². The Balaban J connectivity index is 1.71. The number of anilines is 1. The second kappa shape index (κ2) is 11.2. The molecular weight excluding hydrogens is 440 g/mol. The number of carbonyl (C=O) groups excluding carboxylic acids is 1. The monoisotopic (exact) mass is 470 g/mol. The van der Waals surface area contributed by atoms with E-state index in [0.717, 1.165) is 36.8 Å². The van der Waals surface area contributed by atoms with Crippen molar-refractivity contribution in [2.75, 3.05) is 18.4 Å². The lowest BCUT2D eigenvalue weighted by Crippen LogP contribution is -2.33. The summed E-state index contributed by atoms with van der Waals surface area (Å²) in [5, 5.41) is 10.4. The summed E-state index contributed by atoms with van der Waals surface area (Å²) in [6.07, 6.45) is 3.44. The van der Waals surface area contributed by atoms with Gasteiger partial charge in [-0.2, -0.15) is 4.31 Å². The molecule has 2 aromatic carbocycles. The van der Waals surface area contributed by atoms with Crippen molar-refractivity contribution >= 4 is 21.9 Å². The maximum absolute atomic E-state index is 13.1. The third-order valence-corrected chi connectivity index (χ3v) is 7.10. The number of aromatic nitrogens is 2.